The van der Waals surface area contributed by atoms with Gasteiger partial charge >= 0.3 is 0 Å². The summed E-state index contributed by atoms with van der Waals surface area (Å²) in [5.74, 6) is 1.69. The Kier molecular flexibility index (Phi) is 3.81. The molecule has 0 bridgehead atoms. The maximum absolute atomic E-state index is 6.29. The quantitative estimate of drug-likeness (QED) is 0.834. The minimum atomic E-state index is 0.385. The second-order valence-electron chi connectivity index (χ2n) is 4.97. The van der Waals surface area contributed by atoms with E-state index >= 15 is 0 Å². The van der Waals surface area contributed by atoms with Crippen LogP contribution in [0.2, 0.25) is 0 Å². The largest absolute Gasteiger partial charge is 0.327 e. The van der Waals surface area contributed by atoms with Crippen molar-refractivity contribution in [1.82, 2.24) is 0 Å². The van der Waals surface area contributed by atoms with Crippen molar-refractivity contribution in [1.29, 1.82) is 0 Å². The molecular formula is C13H21NS. The molecule has 1 atom stereocenters. The molecule has 0 spiro atoms. The van der Waals surface area contributed by atoms with Crippen LogP contribution in [0, 0.1) is 11.8 Å². The molecule has 1 heterocycles. The van der Waals surface area contributed by atoms with Gasteiger partial charge in [-0.15, -0.1) is 11.3 Å². The molecule has 0 saturated heterocycles. The molecule has 0 amide bonds. The fraction of sp³-hybridized carbons (Fsp3) is 0.692. The first-order valence-corrected chi connectivity index (χ1v) is 6.91. The van der Waals surface area contributed by atoms with Crippen molar-refractivity contribution in [2.75, 3.05) is 0 Å². The Morgan fingerprint density at radius 1 is 1.40 bits per heavy atom. The van der Waals surface area contributed by atoms with Gasteiger partial charge in [-0.25, -0.2) is 0 Å². The minimum Gasteiger partial charge on any atom is -0.327 e. The Balaban J connectivity index is 1.83. The maximum atomic E-state index is 6.29. The first-order valence-electron chi connectivity index (χ1n) is 6.03. The lowest BCUT2D eigenvalue weighted by atomic mass is 9.78. The standard InChI is InChI=1S/C13H21NS/c1-10-4-6-11(7-5-10)13(14)9-12-3-2-8-15-12/h2-3,8,10-11,13H,4-7,9,14H2,1H3. The van der Waals surface area contributed by atoms with Crippen LogP contribution in [-0.2, 0) is 6.42 Å². The molecule has 2 N–H and O–H groups in total. The summed E-state index contributed by atoms with van der Waals surface area (Å²) in [4.78, 5) is 1.45. The molecule has 1 nitrogen and oxygen atoms in total. The SMILES string of the molecule is CC1CCC(C(N)Cc2cccs2)CC1. The second kappa shape index (κ2) is 5.13. The average molecular weight is 223 g/mol. The Hall–Kier alpha value is -0.340. The summed E-state index contributed by atoms with van der Waals surface area (Å²) in [6.07, 6.45) is 6.52. The molecule has 1 aromatic heterocycles. The molecule has 1 aliphatic carbocycles. The Bertz CT molecular complexity index is 273. The van der Waals surface area contributed by atoms with Crippen LogP contribution in [-0.4, -0.2) is 6.04 Å². The summed E-state index contributed by atoms with van der Waals surface area (Å²) in [7, 11) is 0. The highest BCUT2D eigenvalue weighted by Gasteiger charge is 2.23. The van der Waals surface area contributed by atoms with Crippen LogP contribution in [0.4, 0.5) is 0 Å². The molecule has 0 radical (unpaired) electrons. The maximum Gasteiger partial charge on any atom is 0.0116 e. The highest BCUT2D eigenvalue weighted by atomic mass is 32.1. The van der Waals surface area contributed by atoms with E-state index in [2.05, 4.69) is 24.4 Å². The predicted octanol–water partition coefficient (Wildman–Crippen LogP) is 3.44. The summed E-state index contributed by atoms with van der Waals surface area (Å²) in [6.45, 7) is 2.36. The molecule has 0 aliphatic heterocycles. The van der Waals surface area contributed by atoms with Gasteiger partial charge in [0.1, 0.15) is 0 Å². The number of nitrogens with two attached hydrogens (primary N) is 1. The van der Waals surface area contributed by atoms with Gasteiger partial charge in [-0.3, -0.25) is 0 Å². The van der Waals surface area contributed by atoms with Crippen LogP contribution >= 0.6 is 11.3 Å². The molecule has 0 aromatic carbocycles. The summed E-state index contributed by atoms with van der Waals surface area (Å²) in [6, 6.07) is 4.71. The molecule has 1 fully saturated rings. The van der Waals surface area contributed by atoms with E-state index in [0.717, 1.165) is 18.3 Å². The zero-order valence-corrected chi connectivity index (χ0v) is 10.3. The van der Waals surface area contributed by atoms with Crippen LogP contribution < -0.4 is 5.73 Å². The van der Waals surface area contributed by atoms with Crippen LogP contribution in [0.3, 0.4) is 0 Å². The summed E-state index contributed by atoms with van der Waals surface area (Å²) >= 11 is 1.84. The fourth-order valence-electron chi connectivity index (χ4n) is 2.54. The topological polar surface area (TPSA) is 26.0 Å². The van der Waals surface area contributed by atoms with Crippen LogP contribution in [0.5, 0.6) is 0 Å². The van der Waals surface area contributed by atoms with Gasteiger partial charge in [0.15, 0.2) is 0 Å². The van der Waals surface area contributed by atoms with E-state index in [4.69, 9.17) is 5.73 Å². The van der Waals surface area contributed by atoms with E-state index in [9.17, 15) is 0 Å². The van der Waals surface area contributed by atoms with Gasteiger partial charge in [0, 0.05) is 10.9 Å². The molecule has 15 heavy (non-hydrogen) atoms. The van der Waals surface area contributed by atoms with E-state index in [-0.39, 0.29) is 0 Å². The van der Waals surface area contributed by atoms with Gasteiger partial charge in [0.25, 0.3) is 0 Å². The first kappa shape index (κ1) is 11.2. The van der Waals surface area contributed by atoms with Gasteiger partial charge in [0.2, 0.25) is 0 Å². The normalized spacial score (nSPS) is 28.9. The fourth-order valence-corrected chi connectivity index (χ4v) is 3.32. The number of thiophene rings is 1. The van der Waals surface area contributed by atoms with Crippen LogP contribution in [0.15, 0.2) is 17.5 Å². The van der Waals surface area contributed by atoms with E-state index in [0.29, 0.717) is 6.04 Å². The molecule has 2 heteroatoms. The lowest BCUT2D eigenvalue weighted by molar-refractivity contribution is 0.254. The zero-order valence-electron chi connectivity index (χ0n) is 9.49. The number of hydrogen-bond donors (Lipinski definition) is 1. The smallest absolute Gasteiger partial charge is 0.0116 e. The molecular weight excluding hydrogens is 202 g/mol. The van der Waals surface area contributed by atoms with E-state index in [1.54, 1.807) is 0 Å². The highest BCUT2D eigenvalue weighted by molar-refractivity contribution is 7.09. The number of hydrogen-bond acceptors (Lipinski definition) is 2. The van der Waals surface area contributed by atoms with E-state index in [1.807, 2.05) is 11.3 Å². The Morgan fingerprint density at radius 2 is 2.13 bits per heavy atom. The van der Waals surface area contributed by atoms with Crippen molar-refractivity contribution >= 4 is 11.3 Å². The van der Waals surface area contributed by atoms with Gasteiger partial charge < -0.3 is 5.73 Å². The summed E-state index contributed by atoms with van der Waals surface area (Å²) < 4.78 is 0. The van der Waals surface area contributed by atoms with Gasteiger partial charge in [-0.05, 0) is 42.5 Å². The average Bonchev–Trinajstić information content (AvgIpc) is 2.71. The van der Waals surface area contributed by atoms with Crippen molar-refractivity contribution in [3.05, 3.63) is 22.4 Å². The predicted molar refractivity (Wildman–Crippen MR) is 67.1 cm³/mol. The highest BCUT2D eigenvalue weighted by Crippen LogP contribution is 2.31. The lowest BCUT2D eigenvalue weighted by Gasteiger charge is -2.30. The molecule has 1 aliphatic rings. The van der Waals surface area contributed by atoms with Crippen molar-refractivity contribution in [2.24, 2.45) is 17.6 Å². The van der Waals surface area contributed by atoms with Gasteiger partial charge in [-0.2, -0.15) is 0 Å². The van der Waals surface area contributed by atoms with Gasteiger partial charge in [-0.1, -0.05) is 25.8 Å². The third-order valence-electron chi connectivity index (χ3n) is 3.68. The lowest BCUT2D eigenvalue weighted by Crippen LogP contribution is -2.34. The second-order valence-corrected chi connectivity index (χ2v) is 6.00. The Morgan fingerprint density at radius 3 is 2.73 bits per heavy atom. The summed E-state index contributed by atoms with van der Waals surface area (Å²) in [5, 5.41) is 2.14. The van der Waals surface area contributed by atoms with Gasteiger partial charge in [0.05, 0.1) is 0 Å². The summed E-state index contributed by atoms with van der Waals surface area (Å²) in [5.41, 5.74) is 6.29. The molecule has 84 valence electrons. The van der Waals surface area contributed by atoms with Crippen molar-refractivity contribution < 1.29 is 0 Å². The first-order chi connectivity index (χ1) is 7.25. The minimum absolute atomic E-state index is 0.385. The monoisotopic (exact) mass is 223 g/mol. The van der Waals surface area contributed by atoms with Crippen LogP contribution in [0.25, 0.3) is 0 Å². The van der Waals surface area contributed by atoms with Crippen molar-refractivity contribution in [3.63, 3.8) is 0 Å². The molecule has 1 unspecified atom stereocenters. The van der Waals surface area contributed by atoms with E-state index in [1.165, 1.54) is 30.6 Å². The molecule has 1 saturated carbocycles. The van der Waals surface area contributed by atoms with Crippen LogP contribution in [0.1, 0.15) is 37.5 Å². The third-order valence-corrected chi connectivity index (χ3v) is 4.58. The zero-order chi connectivity index (χ0) is 10.7. The molecule has 1 aromatic rings. The molecule has 2 rings (SSSR count). The third kappa shape index (κ3) is 3.05. The van der Waals surface area contributed by atoms with E-state index < -0.39 is 0 Å². The number of rotatable bonds is 3. The van der Waals surface area contributed by atoms with Crippen molar-refractivity contribution in [3.8, 4) is 0 Å². The Labute approximate surface area is 96.7 Å². The van der Waals surface area contributed by atoms with Crippen molar-refractivity contribution in [2.45, 2.75) is 45.1 Å².